The first-order valence-electron chi connectivity index (χ1n) is 10.4. The Bertz CT molecular complexity index is 1250. The fourth-order valence-corrected chi connectivity index (χ4v) is 6.35. The molecular formula is C26H16O6. The third-order valence-corrected chi connectivity index (χ3v) is 7.57. The molecule has 0 fully saturated rings. The molecule has 0 saturated carbocycles. The van der Waals surface area contributed by atoms with Crippen molar-refractivity contribution in [3.05, 3.63) is 116 Å². The van der Waals surface area contributed by atoms with Gasteiger partial charge >= 0.3 is 0 Å². The second-order valence-electron chi connectivity index (χ2n) is 8.84. The van der Waals surface area contributed by atoms with E-state index in [2.05, 4.69) is 0 Å². The summed E-state index contributed by atoms with van der Waals surface area (Å²) in [4.78, 5) is 27.9. The van der Waals surface area contributed by atoms with Crippen LogP contribution in [0.5, 0.6) is 0 Å². The maximum Gasteiger partial charge on any atom is 0.188 e. The second kappa shape index (κ2) is 5.40. The minimum atomic E-state index is -0.938. The Morgan fingerprint density at radius 1 is 0.438 bits per heavy atom. The maximum atomic E-state index is 13.9. The standard InChI is InChI=1S/C26H16O6/c27-21-17-13-9-5-1-2-6-10(9)14(24(30)23(13)29)18(17)22(28)20-16-12-8-4-3-7-11(12)15(19(20)21)25(31)26(16)32/h1-8,13-16,29-32H/t13-,14+,15+,16-. The molecule has 0 aliphatic heterocycles. The maximum absolute atomic E-state index is 13.9. The Morgan fingerprint density at radius 2 is 0.656 bits per heavy atom. The number of aliphatic hydroxyl groups is 4. The van der Waals surface area contributed by atoms with E-state index in [1.54, 1.807) is 48.5 Å². The van der Waals surface area contributed by atoms with E-state index in [0.29, 0.717) is 22.3 Å². The van der Waals surface area contributed by atoms with Crippen molar-refractivity contribution in [3.8, 4) is 0 Å². The highest BCUT2D eigenvalue weighted by molar-refractivity contribution is 6.29. The number of allylic oxidation sites excluding steroid dienone is 4. The molecule has 2 aromatic rings. The zero-order valence-corrected chi connectivity index (χ0v) is 16.5. The molecule has 6 nitrogen and oxygen atoms in total. The first kappa shape index (κ1) is 17.6. The number of rotatable bonds is 0. The molecular weight excluding hydrogens is 408 g/mol. The molecule has 7 aliphatic carbocycles. The zero-order valence-electron chi connectivity index (χ0n) is 16.5. The number of hydrogen-bond acceptors (Lipinski definition) is 6. The van der Waals surface area contributed by atoms with Crippen molar-refractivity contribution in [1.29, 1.82) is 0 Å². The lowest BCUT2D eigenvalue weighted by atomic mass is 9.55. The molecule has 4 N–H and O–H groups in total. The van der Waals surface area contributed by atoms with E-state index in [9.17, 15) is 30.0 Å². The van der Waals surface area contributed by atoms with Crippen molar-refractivity contribution >= 4 is 11.6 Å². The summed E-state index contributed by atoms with van der Waals surface area (Å²) < 4.78 is 0. The van der Waals surface area contributed by atoms with Crippen LogP contribution in [0.2, 0.25) is 0 Å². The van der Waals surface area contributed by atoms with Crippen LogP contribution in [0.1, 0.15) is 45.9 Å². The smallest absolute Gasteiger partial charge is 0.188 e. The minimum absolute atomic E-state index is 0.157. The predicted octanol–water partition coefficient (Wildman–Crippen LogP) is 4.18. The van der Waals surface area contributed by atoms with E-state index < -0.39 is 35.2 Å². The molecule has 0 amide bonds. The lowest BCUT2D eigenvalue weighted by Gasteiger charge is -2.46. The number of hydrogen-bond donors (Lipinski definition) is 4. The molecule has 0 spiro atoms. The highest BCUT2D eigenvalue weighted by Gasteiger charge is 2.58. The monoisotopic (exact) mass is 424 g/mol. The second-order valence-corrected chi connectivity index (χ2v) is 8.84. The Balaban J connectivity index is 1.50. The summed E-state index contributed by atoms with van der Waals surface area (Å²) in [6.45, 7) is 0. The normalized spacial score (nSPS) is 29.4. The van der Waals surface area contributed by atoms with E-state index in [1.165, 1.54) is 0 Å². The van der Waals surface area contributed by atoms with Gasteiger partial charge in [-0.1, -0.05) is 48.5 Å². The summed E-state index contributed by atoms with van der Waals surface area (Å²) >= 11 is 0. The van der Waals surface area contributed by atoms with Gasteiger partial charge in [-0.15, -0.1) is 0 Å². The van der Waals surface area contributed by atoms with Crippen molar-refractivity contribution in [2.45, 2.75) is 23.7 Å². The summed E-state index contributed by atoms with van der Waals surface area (Å²) in [6.07, 6.45) is 0. The van der Waals surface area contributed by atoms with Gasteiger partial charge in [0.05, 0.1) is 23.7 Å². The third kappa shape index (κ3) is 1.68. The molecule has 32 heavy (non-hydrogen) atoms. The van der Waals surface area contributed by atoms with Gasteiger partial charge in [0.25, 0.3) is 0 Å². The number of aliphatic hydroxyl groups excluding tert-OH is 4. The summed E-state index contributed by atoms with van der Waals surface area (Å²) in [6, 6.07) is 14.3. The Kier molecular flexibility index (Phi) is 2.97. The van der Waals surface area contributed by atoms with Crippen molar-refractivity contribution < 1.29 is 30.0 Å². The fraction of sp³-hybridized carbons (Fsp3) is 0.154. The average molecular weight is 424 g/mol. The molecule has 156 valence electrons. The van der Waals surface area contributed by atoms with E-state index >= 15 is 0 Å². The number of Topliss-reactive ketones (excluding diaryl/α,β-unsaturated/α-hetero) is 2. The predicted molar refractivity (Wildman–Crippen MR) is 112 cm³/mol. The number of carbonyl (C=O) groups is 2. The molecule has 7 aliphatic rings. The molecule has 0 radical (unpaired) electrons. The van der Waals surface area contributed by atoms with Gasteiger partial charge in [-0.05, 0) is 22.3 Å². The van der Waals surface area contributed by atoms with Crippen LogP contribution in [0.3, 0.4) is 0 Å². The van der Waals surface area contributed by atoms with Crippen molar-refractivity contribution in [2.75, 3.05) is 0 Å². The summed E-state index contributed by atoms with van der Waals surface area (Å²) in [5.74, 6) is -5.88. The molecule has 0 unspecified atom stereocenters. The first-order chi connectivity index (χ1) is 15.4. The van der Waals surface area contributed by atoms with Crippen molar-refractivity contribution in [3.63, 3.8) is 0 Å². The molecule has 4 atom stereocenters. The SMILES string of the molecule is O=C1C2=C(C(=O)C3=C1[C@@H]1C(O)=C(O)[C@H]3c3ccccc31)[C@@H]1C(O)=C(O)[C@H]2c2ccccc21. The van der Waals surface area contributed by atoms with Gasteiger partial charge in [0.2, 0.25) is 0 Å². The van der Waals surface area contributed by atoms with Gasteiger partial charge in [0.1, 0.15) is 23.0 Å². The highest BCUT2D eigenvalue weighted by atomic mass is 16.3. The molecule has 0 heterocycles. The molecule has 0 aromatic heterocycles. The largest absolute Gasteiger partial charge is 0.508 e. The third-order valence-electron chi connectivity index (χ3n) is 7.57. The lowest BCUT2D eigenvalue weighted by molar-refractivity contribution is -0.118. The Morgan fingerprint density at radius 3 is 0.875 bits per heavy atom. The zero-order chi connectivity index (χ0) is 22.0. The number of benzene rings is 2. The van der Waals surface area contributed by atoms with Gasteiger partial charge in [-0.2, -0.15) is 0 Å². The van der Waals surface area contributed by atoms with E-state index in [4.69, 9.17) is 0 Å². The van der Waals surface area contributed by atoms with Crippen molar-refractivity contribution in [1.82, 2.24) is 0 Å². The molecule has 2 aromatic carbocycles. The summed E-state index contributed by atoms with van der Waals surface area (Å²) in [5.41, 5.74) is 3.35. The minimum Gasteiger partial charge on any atom is -0.508 e. The topological polar surface area (TPSA) is 115 Å². The highest BCUT2D eigenvalue weighted by Crippen LogP contribution is 2.62. The van der Waals surface area contributed by atoms with Gasteiger partial charge in [-0.3, -0.25) is 9.59 Å². The van der Waals surface area contributed by atoms with Gasteiger partial charge < -0.3 is 20.4 Å². The van der Waals surface area contributed by atoms with Gasteiger partial charge in [-0.25, -0.2) is 0 Å². The Hall–Kier alpha value is -4.06. The van der Waals surface area contributed by atoms with E-state index in [-0.39, 0.29) is 45.3 Å². The van der Waals surface area contributed by atoms with Crippen LogP contribution < -0.4 is 0 Å². The lowest BCUT2D eigenvalue weighted by Crippen LogP contribution is -2.44. The van der Waals surface area contributed by atoms with E-state index in [1.807, 2.05) is 0 Å². The fourth-order valence-electron chi connectivity index (χ4n) is 6.35. The first-order valence-corrected chi connectivity index (χ1v) is 10.4. The van der Waals surface area contributed by atoms with Crippen LogP contribution in [0, 0.1) is 0 Å². The van der Waals surface area contributed by atoms with Crippen molar-refractivity contribution in [2.24, 2.45) is 0 Å². The number of carbonyl (C=O) groups excluding carboxylic acids is 2. The van der Waals surface area contributed by atoms with E-state index in [0.717, 1.165) is 0 Å². The van der Waals surface area contributed by atoms with Crippen LogP contribution >= 0.6 is 0 Å². The molecule has 0 saturated heterocycles. The molecule has 9 rings (SSSR count). The molecule has 4 bridgehead atoms. The van der Waals surface area contributed by atoms with Crippen LogP contribution in [-0.2, 0) is 9.59 Å². The average Bonchev–Trinajstić information content (AvgIpc) is 2.81. The number of ketones is 2. The van der Waals surface area contributed by atoms with Crippen LogP contribution in [0.15, 0.2) is 93.9 Å². The van der Waals surface area contributed by atoms with Crippen LogP contribution in [-0.4, -0.2) is 32.0 Å². The summed E-state index contributed by atoms with van der Waals surface area (Å²) in [7, 11) is 0. The molecule has 6 heteroatoms. The van der Waals surface area contributed by atoms with Crippen LogP contribution in [0.25, 0.3) is 0 Å². The quantitative estimate of drug-likeness (QED) is 0.472. The van der Waals surface area contributed by atoms with Gasteiger partial charge in [0, 0.05) is 22.3 Å². The van der Waals surface area contributed by atoms with Crippen LogP contribution in [0.4, 0.5) is 0 Å². The Labute approximate surface area is 181 Å². The summed E-state index contributed by atoms with van der Waals surface area (Å²) in [5, 5.41) is 43.0. The van der Waals surface area contributed by atoms with Gasteiger partial charge in [0.15, 0.2) is 11.6 Å².